The van der Waals surface area contributed by atoms with Gasteiger partial charge >= 0.3 is 16.7 Å². The maximum Gasteiger partial charge on any atom is 0.433 e. The van der Waals surface area contributed by atoms with Gasteiger partial charge in [0.1, 0.15) is 11.5 Å². The average Bonchev–Trinajstić information content (AvgIpc) is 2.85. The third kappa shape index (κ3) is 2.27. The lowest BCUT2D eigenvalue weighted by Crippen LogP contribution is -2.20. The molecule has 2 aromatic heterocycles. The van der Waals surface area contributed by atoms with E-state index in [0.717, 1.165) is 10.7 Å². The number of rotatable bonds is 4. The SMILES string of the molecule is O=C(O)Cn1nc(-c2ccc([N+](=O)[O-])o2)sc1=O. The predicted octanol–water partition coefficient (Wildman–Crippen LogP) is 0.558. The Balaban J connectivity index is 2.36. The van der Waals surface area contributed by atoms with Gasteiger partial charge in [-0.05, 0) is 17.4 Å². The fraction of sp³-hybridized carbons (Fsp3) is 0.125. The van der Waals surface area contributed by atoms with Crippen molar-refractivity contribution in [3.63, 3.8) is 0 Å². The van der Waals surface area contributed by atoms with Crippen molar-refractivity contribution in [1.29, 1.82) is 0 Å². The van der Waals surface area contributed by atoms with Crippen molar-refractivity contribution in [3.8, 4) is 10.8 Å². The minimum Gasteiger partial charge on any atom is -0.480 e. The van der Waals surface area contributed by atoms with Gasteiger partial charge in [-0.3, -0.25) is 19.7 Å². The maximum atomic E-state index is 11.4. The van der Waals surface area contributed by atoms with E-state index in [1.165, 1.54) is 6.07 Å². The lowest BCUT2D eigenvalue weighted by Gasteiger charge is -1.91. The number of hydrogen-bond donors (Lipinski definition) is 1. The first-order valence-corrected chi connectivity index (χ1v) is 5.33. The highest BCUT2D eigenvalue weighted by molar-refractivity contribution is 7.12. The third-order valence-electron chi connectivity index (χ3n) is 1.87. The molecule has 9 nitrogen and oxygen atoms in total. The Hall–Kier alpha value is -2.49. The van der Waals surface area contributed by atoms with Gasteiger partial charge in [0.25, 0.3) is 0 Å². The zero-order valence-electron chi connectivity index (χ0n) is 8.60. The second-order valence-corrected chi connectivity index (χ2v) is 4.06. The summed E-state index contributed by atoms with van der Waals surface area (Å²) in [6.45, 7) is -0.571. The summed E-state index contributed by atoms with van der Waals surface area (Å²) in [5.74, 6) is -1.63. The van der Waals surface area contributed by atoms with E-state index in [1.54, 1.807) is 0 Å². The van der Waals surface area contributed by atoms with Gasteiger partial charge in [0.15, 0.2) is 10.8 Å². The van der Waals surface area contributed by atoms with Gasteiger partial charge < -0.3 is 9.52 Å². The average molecular weight is 271 g/mol. The minimum atomic E-state index is -1.21. The Morgan fingerprint density at radius 3 is 2.89 bits per heavy atom. The Kier molecular flexibility index (Phi) is 2.93. The molecule has 0 aromatic carbocycles. The standard InChI is InChI=1S/C8H5N3O6S/c12-6(13)3-10-8(14)18-7(9-10)4-1-2-5(17-4)11(15)16/h1-2H,3H2,(H,12,13). The van der Waals surface area contributed by atoms with Gasteiger partial charge in [-0.1, -0.05) is 0 Å². The molecular weight excluding hydrogens is 266 g/mol. The van der Waals surface area contributed by atoms with Gasteiger partial charge in [-0.25, -0.2) is 4.68 Å². The molecule has 94 valence electrons. The molecule has 0 bridgehead atoms. The van der Waals surface area contributed by atoms with E-state index in [1.807, 2.05) is 0 Å². The number of carbonyl (C=O) groups is 1. The van der Waals surface area contributed by atoms with E-state index in [9.17, 15) is 19.7 Å². The molecule has 0 amide bonds. The van der Waals surface area contributed by atoms with Crippen LogP contribution in [0.4, 0.5) is 5.88 Å². The molecule has 18 heavy (non-hydrogen) atoms. The fourth-order valence-electron chi connectivity index (χ4n) is 1.17. The van der Waals surface area contributed by atoms with Crippen LogP contribution >= 0.6 is 11.3 Å². The molecule has 10 heteroatoms. The molecule has 2 heterocycles. The summed E-state index contributed by atoms with van der Waals surface area (Å²) in [6.07, 6.45) is 0. The number of carboxylic acid groups (broad SMARTS) is 1. The highest BCUT2D eigenvalue weighted by Gasteiger charge is 2.17. The van der Waals surface area contributed by atoms with Crippen LogP contribution in [0.2, 0.25) is 0 Å². The minimum absolute atomic E-state index is 0.0490. The van der Waals surface area contributed by atoms with Crippen LogP contribution in [0.1, 0.15) is 0 Å². The van der Waals surface area contributed by atoms with E-state index in [2.05, 4.69) is 5.10 Å². The smallest absolute Gasteiger partial charge is 0.433 e. The molecule has 0 aliphatic rings. The van der Waals surface area contributed by atoms with Crippen LogP contribution in [-0.2, 0) is 11.3 Å². The Morgan fingerprint density at radius 1 is 1.61 bits per heavy atom. The van der Waals surface area contributed by atoms with E-state index in [4.69, 9.17) is 9.52 Å². The molecular formula is C8H5N3O6S. The molecule has 0 saturated heterocycles. The van der Waals surface area contributed by atoms with Gasteiger partial charge in [-0.15, -0.1) is 0 Å². The fourth-order valence-corrected chi connectivity index (χ4v) is 1.90. The first-order valence-electron chi connectivity index (χ1n) is 4.51. The maximum absolute atomic E-state index is 11.4. The van der Waals surface area contributed by atoms with Crippen LogP contribution < -0.4 is 4.87 Å². The molecule has 0 aliphatic heterocycles. The molecule has 2 rings (SSSR count). The summed E-state index contributed by atoms with van der Waals surface area (Å²) < 4.78 is 5.60. The van der Waals surface area contributed by atoms with Gasteiger partial charge in [-0.2, -0.15) is 5.10 Å². The second-order valence-electron chi connectivity index (χ2n) is 3.12. The van der Waals surface area contributed by atoms with Crippen LogP contribution in [-0.4, -0.2) is 25.8 Å². The first-order chi connectivity index (χ1) is 8.47. The van der Waals surface area contributed by atoms with E-state index < -0.39 is 28.2 Å². The number of aromatic nitrogens is 2. The van der Waals surface area contributed by atoms with Gasteiger partial charge in [0.05, 0.1) is 6.07 Å². The Bertz CT molecular complexity index is 668. The summed E-state index contributed by atoms with van der Waals surface area (Å²) in [5.41, 5.74) is 0. The normalized spacial score (nSPS) is 10.4. The number of nitro groups is 1. The lowest BCUT2D eigenvalue weighted by atomic mass is 10.5. The van der Waals surface area contributed by atoms with Crippen molar-refractivity contribution in [3.05, 3.63) is 31.9 Å². The largest absolute Gasteiger partial charge is 0.480 e. The number of furan rings is 1. The Labute approximate surface area is 102 Å². The van der Waals surface area contributed by atoms with Crippen LogP contribution in [0, 0.1) is 10.1 Å². The first kappa shape index (κ1) is 12.0. The van der Waals surface area contributed by atoms with E-state index in [0.29, 0.717) is 11.3 Å². The molecule has 0 saturated carbocycles. The predicted molar refractivity (Wildman–Crippen MR) is 58.4 cm³/mol. The number of carboxylic acids is 1. The Morgan fingerprint density at radius 2 is 2.33 bits per heavy atom. The third-order valence-corrected chi connectivity index (χ3v) is 2.74. The summed E-state index contributed by atoms with van der Waals surface area (Å²) in [4.78, 5) is 30.9. The van der Waals surface area contributed by atoms with Crippen molar-refractivity contribution in [2.24, 2.45) is 0 Å². The summed E-state index contributed by atoms with van der Waals surface area (Å²) in [5, 5.41) is 22.8. The highest BCUT2D eigenvalue weighted by atomic mass is 32.1. The zero-order chi connectivity index (χ0) is 13.3. The van der Waals surface area contributed by atoms with Crippen LogP contribution in [0.15, 0.2) is 21.3 Å². The summed E-state index contributed by atoms with van der Waals surface area (Å²) in [7, 11) is 0. The zero-order valence-corrected chi connectivity index (χ0v) is 9.42. The number of hydrogen-bond acceptors (Lipinski definition) is 7. The van der Waals surface area contributed by atoms with Crippen molar-refractivity contribution >= 4 is 23.2 Å². The molecule has 0 atom stereocenters. The molecule has 2 aromatic rings. The quantitative estimate of drug-likeness (QED) is 0.635. The topological polar surface area (TPSA) is 128 Å². The lowest BCUT2D eigenvalue weighted by molar-refractivity contribution is -0.401. The molecule has 0 radical (unpaired) electrons. The van der Waals surface area contributed by atoms with Crippen LogP contribution in [0.5, 0.6) is 0 Å². The molecule has 0 unspecified atom stereocenters. The van der Waals surface area contributed by atoms with E-state index in [-0.39, 0.29) is 10.8 Å². The van der Waals surface area contributed by atoms with Crippen molar-refractivity contribution in [2.45, 2.75) is 6.54 Å². The van der Waals surface area contributed by atoms with Crippen molar-refractivity contribution in [2.75, 3.05) is 0 Å². The van der Waals surface area contributed by atoms with Crippen molar-refractivity contribution < 1.29 is 19.2 Å². The second kappa shape index (κ2) is 4.41. The van der Waals surface area contributed by atoms with Crippen LogP contribution in [0.3, 0.4) is 0 Å². The number of aliphatic carboxylic acids is 1. The summed E-state index contributed by atoms with van der Waals surface area (Å²) in [6, 6.07) is 2.42. The molecule has 1 N–H and O–H groups in total. The number of nitrogens with zero attached hydrogens (tertiary/aromatic N) is 3. The van der Waals surface area contributed by atoms with E-state index >= 15 is 0 Å². The van der Waals surface area contributed by atoms with Crippen LogP contribution in [0.25, 0.3) is 10.8 Å². The monoisotopic (exact) mass is 271 g/mol. The van der Waals surface area contributed by atoms with Gasteiger partial charge in [0.2, 0.25) is 0 Å². The summed E-state index contributed by atoms with van der Waals surface area (Å²) >= 11 is 0.651. The molecule has 0 spiro atoms. The molecule has 0 fully saturated rings. The van der Waals surface area contributed by atoms with Crippen molar-refractivity contribution in [1.82, 2.24) is 9.78 Å². The van der Waals surface area contributed by atoms with Gasteiger partial charge in [0, 0.05) is 0 Å². The molecule has 0 aliphatic carbocycles. The highest BCUT2D eigenvalue weighted by Crippen LogP contribution is 2.25.